The fourth-order valence-electron chi connectivity index (χ4n) is 4.22. The van der Waals surface area contributed by atoms with Gasteiger partial charge in [-0.05, 0) is 78.6 Å². The average molecular weight is 514 g/mol. The fourth-order valence-corrected chi connectivity index (χ4v) is 4.56. The van der Waals surface area contributed by atoms with Crippen LogP contribution < -0.4 is 10.0 Å². The predicted octanol–water partition coefficient (Wildman–Crippen LogP) is 10.4. The standard InChI is InChI=1S/C32H30Cl2N2/c1-4-24(5-2)21-26-18-20-28(34)23-32(26)36(30-15-11-8-12-16-30)35(29-13-9-7-10-14-29)31-22-27(33)19-17-25(31)6-3/h4,7-23H,1,5-6H2,2-3H3/b24-21+. The minimum absolute atomic E-state index is 0.662. The summed E-state index contributed by atoms with van der Waals surface area (Å²) in [7, 11) is 0. The summed E-state index contributed by atoms with van der Waals surface area (Å²) in [5, 5.41) is 5.79. The van der Waals surface area contributed by atoms with Gasteiger partial charge in [0.2, 0.25) is 0 Å². The summed E-state index contributed by atoms with van der Waals surface area (Å²) in [5.74, 6) is 0. The van der Waals surface area contributed by atoms with E-state index in [4.69, 9.17) is 23.2 Å². The van der Waals surface area contributed by atoms with E-state index in [0.717, 1.165) is 46.7 Å². The Morgan fingerprint density at radius 3 is 1.78 bits per heavy atom. The number of hydrogen-bond donors (Lipinski definition) is 0. The van der Waals surface area contributed by atoms with E-state index in [1.807, 2.05) is 66.7 Å². The zero-order chi connectivity index (χ0) is 25.5. The van der Waals surface area contributed by atoms with Gasteiger partial charge in [0.15, 0.2) is 0 Å². The van der Waals surface area contributed by atoms with E-state index < -0.39 is 0 Å². The Labute approximate surface area is 224 Å². The molecule has 0 atom stereocenters. The highest BCUT2D eigenvalue weighted by molar-refractivity contribution is 6.31. The number of hydrazine groups is 1. The molecule has 0 aliphatic heterocycles. The topological polar surface area (TPSA) is 6.48 Å². The first kappa shape index (κ1) is 25.6. The molecule has 4 aromatic carbocycles. The summed E-state index contributed by atoms with van der Waals surface area (Å²) in [6.45, 7) is 8.30. The van der Waals surface area contributed by atoms with E-state index in [9.17, 15) is 0 Å². The molecular weight excluding hydrogens is 483 g/mol. The van der Waals surface area contributed by atoms with Gasteiger partial charge >= 0.3 is 0 Å². The summed E-state index contributed by atoms with van der Waals surface area (Å²) in [6, 6.07) is 32.8. The molecule has 0 fully saturated rings. The van der Waals surface area contributed by atoms with Crippen molar-refractivity contribution in [2.75, 3.05) is 10.0 Å². The summed E-state index contributed by atoms with van der Waals surface area (Å²) < 4.78 is 0. The van der Waals surface area contributed by atoms with Crippen LogP contribution in [0.5, 0.6) is 0 Å². The Kier molecular flexibility index (Phi) is 8.53. The van der Waals surface area contributed by atoms with E-state index >= 15 is 0 Å². The summed E-state index contributed by atoms with van der Waals surface area (Å²) >= 11 is 13.2. The zero-order valence-corrected chi connectivity index (χ0v) is 22.2. The van der Waals surface area contributed by atoms with E-state index in [2.05, 4.69) is 72.9 Å². The molecule has 0 saturated heterocycles. The minimum atomic E-state index is 0.662. The van der Waals surface area contributed by atoms with Crippen molar-refractivity contribution in [2.45, 2.75) is 26.7 Å². The lowest BCUT2D eigenvalue weighted by Crippen LogP contribution is -2.37. The Hall–Kier alpha value is -3.46. The Bertz CT molecular complexity index is 1350. The van der Waals surface area contributed by atoms with Crippen molar-refractivity contribution in [2.24, 2.45) is 0 Å². The Balaban J connectivity index is 2.08. The highest BCUT2D eigenvalue weighted by Gasteiger charge is 2.25. The van der Waals surface area contributed by atoms with Gasteiger partial charge in [0, 0.05) is 15.6 Å². The van der Waals surface area contributed by atoms with Gasteiger partial charge in [0.1, 0.15) is 0 Å². The number of allylic oxidation sites excluding steroid dienone is 2. The number of halogens is 2. The molecular formula is C32H30Cl2N2. The molecule has 4 aromatic rings. The number of para-hydroxylation sites is 2. The lowest BCUT2D eigenvalue weighted by atomic mass is 10.1. The first-order valence-electron chi connectivity index (χ1n) is 12.2. The molecule has 0 spiro atoms. The van der Waals surface area contributed by atoms with Crippen LogP contribution >= 0.6 is 23.2 Å². The largest absolute Gasteiger partial charge is 0.249 e. The van der Waals surface area contributed by atoms with Crippen LogP contribution in [0.4, 0.5) is 22.7 Å². The number of benzene rings is 4. The highest BCUT2D eigenvalue weighted by atomic mass is 35.5. The molecule has 4 heteroatoms. The van der Waals surface area contributed by atoms with Crippen LogP contribution in [-0.4, -0.2) is 0 Å². The third kappa shape index (κ3) is 5.67. The van der Waals surface area contributed by atoms with E-state index in [-0.39, 0.29) is 0 Å². The monoisotopic (exact) mass is 512 g/mol. The number of hydrogen-bond acceptors (Lipinski definition) is 2. The molecule has 0 bridgehead atoms. The fraction of sp³-hybridized carbons (Fsp3) is 0.125. The van der Waals surface area contributed by atoms with Gasteiger partial charge in [0.25, 0.3) is 0 Å². The van der Waals surface area contributed by atoms with Crippen LogP contribution in [0.15, 0.2) is 115 Å². The van der Waals surface area contributed by atoms with Crippen LogP contribution in [0.25, 0.3) is 6.08 Å². The Morgan fingerprint density at radius 2 is 1.25 bits per heavy atom. The quantitative estimate of drug-likeness (QED) is 0.162. The van der Waals surface area contributed by atoms with Crippen molar-refractivity contribution in [3.8, 4) is 0 Å². The average Bonchev–Trinajstić information content (AvgIpc) is 2.92. The van der Waals surface area contributed by atoms with Crippen molar-refractivity contribution >= 4 is 52.0 Å². The number of anilines is 4. The minimum Gasteiger partial charge on any atom is -0.249 e. The van der Waals surface area contributed by atoms with Crippen LogP contribution in [0, 0.1) is 0 Å². The van der Waals surface area contributed by atoms with Crippen molar-refractivity contribution in [3.05, 3.63) is 136 Å². The van der Waals surface area contributed by atoms with Crippen LogP contribution in [0.1, 0.15) is 31.4 Å². The summed E-state index contributed by atoms with van der Waals surface area (Å²) in [4.78, 5) is 0. The molecule has 0 aromatic heterocycles. The second-order valence-corrected chi connectivity index (χ2v) is 9.27. The molecule has 0 radical (unpaired) electrons. The lowest BCUT2D eigenvalue weighted by molar-refractivity contribution is 0.967. The third-order valence-electron chi connectivity index (χ3n) is 6.09. The van der Waals surface area contributed by atoms with Crippen molar-refractivity contribution < 1.29 is 0 Å². The van der Waals surface area contributed by atoms with Gasteiger partial charge in [-0.25, -0.2) is 10.0 Å². The van der Waals surface area contributed by atoms with Gasteiger partial charge in [-0.1, -0.05) is 98.2 Å². The van der Waals surface area contributed by atoms with Crippen molar-refractivity contribution in [1.29, 1.82) is 0 Å². The molecule has 182 valence electrons. The van der Waals surface area contributed by atoms with E-state index in [0.29, 0.717) is 10.0 Å². The maximum atomic E-state index is 6.63. The SMILES string of the molecule is C=C/C(=C\c1ccc(Cl)cc1N(c1ccccc1)N(c1ccccc1)c1cc(Cl)ccc1CC)CC. The molecule has 0 saturated carbocycles. The lowest BCUT2D eigenvalue weighted by Gasteiger charge is -2.40. The number of aryl methyl sites for hydroxylation is 1. The van der Waals surface area contributed by atoms with E-state index in [1.165, 1.54) is 5.56 Å². The normalized spacial score (nSPS) is 11.3. The van der Waals surface area contributed by atoms with Gasteiger partial charge in [0.05, 0.1) is 22.7 Å². The van der Waals surface area contributed by atoms with Gasteiger partial charge in [-0.15, -0.1) is 0 Å². The maximum Gasteiger partial charge on any atom is 0.0724 e. The summed E-state index contributed by atoms with van der Waals surface area (Å²) in [5.41, 5.74) is 7.34. The molecule has 0 aliphatic rings. The molecule has 0 N–H and O–H groups in total. The maximum absolute atomic E-state index is 6.63. The number of nitrogens with zero attached hydrogens (tertiary/aromatic N) is 2. The van der Waals surface area contributed by atoms with Gasteiger partial charge in [-0.3, -0.25) is 0 Å². The highest BCUT2D eigenvalue weighted by Crippen LogP contribution is 2.41. The first-order valence-corrected chi connectivity index (χ1v) is 12.9. The molecule has 0 aliphatic carbocycles. The molecule has 2 nitrogen and oxygen atoms in total. The molecule has 36 heavy (non-hydrogen) atoms. The third-order valence-corrected chi connectivity index (χ3v) is 6.56. The van der Waals surface area contributed by atoms with Crippen LogP contribution in [-0.2, 0) is 6.42 Å². The molecule has 0 heterocycles. The molecule has 4 rings (SSSR count). The van der Waals surface area contributed by atoms with Gasteiger partial charge in [-0.2, -0.15) is 0 Å². The first-order chi connectivity index (χ1) is 17.5. The molecule has 0 amide bonds. The second-order valence-electron chi connectivity index (χ2n) is 8.40. The zero-order valence-electron chi connectivity index (χ0n) is 20.7. The van der Waals surface area contributed by atoms with Gasteiger partial charge < -0.3 is 0 Å². The number of rotatable bonds is 9. The molecule has 0 unspecified atom stereocenters. The Morgan fingerprint density at radius 1 is 0.722 bits per heavy atom. The van der Waals surface area contributed by atoms with Crippen LogP contribution in [0.2, 0.25) is 10.0 Å². The van der Waals surface area contributed by atoms with Crippen molar-refractivity contribution in [3.63, 3.8) is 0 Å². The van der Waals surface area contributed by atoms with Crippen molar-refractivity contribution in [1.82, 2.24) is 0 Å². The van der Waals surface area contributed by atoms with E-state index in [1.54, 1.807) is 0 Å². The smallest absolute Gasteiger partial charge is 0.0724 e. The van der Waals surface area contributed by atoms with Crippen LogP contribution in [0.3, 0.4) is 0 Å². The predicted molar refractivity (Wildman–Crippen MR) is 158 cm³/mol. The second kappa shape index (κ2) is 12.0. The summed E-state index contributed by atoms with van der Waals surface area (Å²) in [6.07, 6.45) is 5.83.